The number of urea groups is 1. The molecule has 140 valence electrons. The van der Waals surface area contributed by atoms with Crippen molar-refractivity contribution in [3.05, 3.63) is 70.3 Å². The summed E-state index contributed by atoms with van der Waals surface area (Å²) in [4.78, 5) is 25.2. The number of amides is 3. The van der Waals surface area contributed by atoms with E-state index in [2.05, 4.69) is 22.6 Å². The molecule has 0 saturated carbocycles. The van der Waals surface area contributed by atoms with Gasteiger partial charge in [-0.15, -0.1) is 5.01 Å². The van der Waals surface area contributed by atoms with E-state index in [1.165, 1.54) is 5.56 Å². The minimum atomic E-state index is -0.943. The van der Waals surface area contributed by atoms with Gasteiger partial charge in [0.2, 0.25) is 0 Å². The second-order valence-corrected chi connectivity index (χ2v) is 7.42. The molecular weight excluding hydrogens is 338 g/mol. The highest BCUT2D eigenvalue weighted by Crippen LogP contribution is 2.24. The second-order valence-electron chi connectivity index (χ2n) is 7.42. The molecule has 1 aliphatic heterocycles. The van der Waals surface area contributed by atoms with Crippen LogP contribution in [-0.2, 0) is 11.2 Å². The highest BCUT2D eigenvalue weighted by molar-refractivity contribution is 6.07. The lowest BCUT2D eigenvalue weighted by molar-refractivity contribution is -0.130. The second kappa shape index (κ2) is 7.35. The smallest absolute Gasteiger partial charge is 0.322 e. The maximum Gasteiger partial charge on any atom is 0.346 e. The van der Waals surface area contributed by atoms with Gasteiger partial charge in [-0.2, -0.15) is 5.10 Å². The van der Waals surface area contributed by atoms with Gasteiger partial charge in [0.25, 0.3) is 5.91 Å². The molecule has 1 heterocycles. The number of aryl methyl sites for hydroxylation is 4. The van der Waals surface area contributed by atoms with E-state index in [4.69, 9.17) is 0 Å². The first-order valence-electron chi connectivity index (χ1n) is 9.12. The molecule has 3 rings (SSSR count). The van der Waals surface area contributed by atoms with Crippen molar-refractivity contribution in [3.8, 4) is 0 Å². The topological polar surface area (TPSA) is 61.8 Å². The van der Waals surface area contributed by atoms with Gasteiger partial charge in [0, 0.05) is 5.56 Å². The van der Waals surface area contributed by atoms with Crippen LogP contribution in [0.1, 0.15) is 41.2 Å². The Balaban J connectivity index is 1.76. The molecule has 2 aromatic carbocycles. The first-order valence-corrected chi connectivity index (χ1v) is 9.12. The van der Waals surface area contributed by atoms with Crippen molar-refractivity contribution < 1.29 is 9.59 Å². The maximum atomic E-state index is 12.8. The lowest BCUT2D eigenvalue weighted by atomic mass is 9.93. The summed E-state index contributed by atoms with van der Waals surface area (Å²) in [6.45, 7) is 7.79. The number of carbonyl (C=O) groups is 2. The molecule has 0 spiro atoms. The Morgan fingerprint density at radius 2 is 1.70 bits per heavy atom. The highest BCUT2D eigenvalue weighted by Gasteiger charge is 2.47. The zero-order valence-corrected chi connectivity index (χ0v) is 16.2. The number of hydrazone groups is 1. The van der Waals surface area contributed by atoms with E-state index >= 15 is 0 Å². The molecule has 1 saturated heterocycles. The fraction of sp³-hybridized carbons (Fsp3) is 0.318. The summed E-state index contributed by atoms with van der Waals surface area (Å²) in [6, 6.07) is 13.6. The lowest BCUT2D eigenvalue weighted by Crippen LogP contribution is -2.44. The Kier molecular flexibility index (Phi) is 5.13. The molecule has 0 radical (unpaired) electrons. The fourth-order valence-electron chi connectivity index (χ4n) is 3.49. The third-order valence-electron chi connectivity index (χ3n) is 5.04. The summed E-state index contributed by atoms with van der Waals surface area (Å²) in [7, 11) is 0. The number of nitrogens with zero attached hydrogens (tertiary/aromatic N) is 2. The summed E-state index contributed by atoms with van der Waals surface area (Å²) in [5, 5.41) is 7.95. The number of hydrogen-bond acceptors (Lipinski definition) is 3. The van der Waals surface area contributed by atoms with Crippen molar-refractivity contribution in [2.75, 3.05) is 0 Å². The number of hydrogen-bond donors (Lipinski definition) is 1. The van der Waals surface area contributed by atoms with E-state index in [1.807, 2.05) is 51.1 Å². The molecule has 1 N–H and O–H groups in total. The normalized spacial score (nSPS) is 19.8. The largest absolute Gasteiger partial charge is 0.346 e. The monoisotopic (exact) mass is 363 g/mol. The van der Waals surface area contributed by atoms with Gasteiger partial charge in [-0.1, -0.05) is 48.0 Å². The molecular formula is C22H25N3O2. The minimum absolute atomic E-state index is 0.318. The first kappa shape index (κ1) is 18.8. The number of imide groups is 1. The predicted molar refractivity (Wildman–Crippen MR) is 107 cm³/mol. The van der Waals surface area contributed by atoms with E-state index in [1.54, 1.807) is 13.1 Å². The average molecular weight is 363 g/mol. The van der Waals surface area contributed by atoms with Gasteiger partial charge in [-0.25, -0.2) is 4.79 Å². The van der Waals surface area contributed by atoms with Crippen LogP contribution in [0.3, 0.4) is 0 Å². The molecule has 1 atom stereocenters. The minimum Gasteiger partial charge on any atom is -0.322 e. The molecule has 1 aliphatic rings. The van der Waals surface area contributed by atoms with E-state index in [-0.39, 0.29) is 5.91 Å². The third kappa shape index (κ3) is 3.92. The Morgan fingerprint density at radius 1 is 1.07 bits per heavy atom. The summed E-state index contributed by atoms with van der Waals surface area (Å²) in [6.07, 6.45) is 2.83. The molecule has 0 aromatic heterocycles. The molecule has 2 aromatic rings. The van der Waals surface area contributed by atoms with Gasteiger partial charge in [0.1, 0.15) is 5.54 Å². The summed E-state index contributed by atoms with van der Waals surface area (Å²) >= 11 is 0. The Hall–Kier alpha value is -2.95. The number of carbonyl (C=O) groups excluding carboxylic acids is 2. The molecule has 0 aliphatic carbocycles. The van der Waals surface area contributed by atoms with E-state index in [0.29, 0.717) is 12.8 Å². The van der Waals surface area contributed by atoms with Gasteiger partial charge in [-0.05, 0) is 57.2 Å². The molecule has 5 heteroatoms. The van der Waals surface area contributed by atoms with E-state index in [9.17, 15) is 9.59 Å². The van der Waals surface area contributed by atoms with Crippen molar-refractivity contribution in [1.82, 2.24) is 10.3 Å². The van der Waals surface area contributed by atoms with Crippen molar-refractivity contribution in [2.24, 2.45) is 5.10 Å². The Morgan fingerprint density at radius 3 is 2.33 bits per heavy atom. The van der Waals surface area contributed by atoms with E-state index < -0.39 is 11.6 Å². The summed E-state index contributed by atoms with van der Waals surface area (Å²) in [5.41, 5.74) is 4.42. The fourth-order valence-corrected chi connectivity index (χ4v) is 3.49. The van der Waals surface area contributed by atoms with Crippen molar-refractivity contribution in [1.29, 1.82) is 0 Å². The predicted octanol–water partition coefficient (Wildman–Crippen LogP) is 3.89. The van der Waals surface area contributed by atoms with Crippen molar-refractivity contribution in [3.63, 3.8) is 0 Å². The van der Waals surface area contributed by atoms with Crippen LogP contribution in [0.5, 0.6) is 0 Å². The van der Waals surface area contributed by atoms with Gasteiger partial charge in [0.05, 0.1) is 6.21 Å². The van der Waals surface area contributed by atoms with Crippen LogP contribution >= 0.6 is 0 Å². The van der Waals surface area contributed by atoms with Crippen LogP contribution in [0.2, 0.25) is 0 Å². The van der Waals surface area contributed by atoms with Gasteiger partial charge in [0.15, 0.2) is 0 Å². The number of rotatable bonds is 5. The molecule has 27 heavy (non-hydrogen) atoms. The number of nitrogens with one attached hydrogen (secondary N) is 1. The van der Waals surface area contributed by atoms with Crippen LogP contribution in [0.4, 0.5) is 4.79 Å². The molecule has 0 unspecified atom stereocenters. The van der Waals surface area contributed by atoms with Gasteiger partial charge in [-0.3, -0.25) is 4.79 Å². The number of benzene rings is 2. The SMILES string of the molecule is Cc1cc(C)c(C=NN2C(=O)N[C@](C)(CCc3ccccc3)C2=O)c(C)c1. The average Bonchev–Trinajstić information content (AvgIpc) is 2.83. The van der Waals surface area contributed by atoms with Crippen LogP contribution < -0.4 is 5.32 Å². The van der Waals surface area contributed by atoms with Crippen molar-refractivity contribution >= 4 is 18.2 Å². The zero-order chi connectivity index (χ0) is 19.6. The molecule has 5 nitrogen and oxygen atoms in total. The van der Waals surface area contributed by atoms with E-state index in [0.717, 1.165) is 27.3 Å². The van der Waals surface area contributed by atoms with Crippen LogP contribution in [0.25, 0.3) is 0 Å². The Labute approximate surface area is 160 Å². The van der Waals surface area contributed by atoms with Gasteiger partial charge >= 0.3 is 6.03 Å². The third-order valence-corrected chi connectivity index (χ3v) is 5.04. The Bertz CT molecular complexity index is 882. The molecule has 3 amide bonds. The van der Waals surface area contributed by atoms with Crippen LogP contribution in [-0.4, -0.2) is 28.7 Å². The molecule has 1 fully saturated rings. The molecule has 0 bridgehead atoms. The van der Waals surface area contributed by atoms with Crippen LogP contribution in [0.15, 0.2) is 47.6 Å². The van der Waals surface area contributed by atoms with Crippen molar-refractivity contribution in [2.45, 2.75) is 46.1 Å². The van der Waals surface area contributed by atoms with Gasteiger partial charge < -0.3 is 5.32 Å². The first-order chi connectivity index (χ1) is 12.8. The standard InChI is InChI=1S/C22H25N3O2/c1-15-12-16(2)19(17(3)13-15)14-23-25-20(26)22(4,24-21(25)27)11-10-18-8-6-5-7-9-18/h5-9,12-14H,10-11H2,1-4H3,(H,24,27)/t22-/m1/s1. The summed E-state index contributed by atoms with van der Waals surface area (Å²) < 4.78 is 0. The maximum absolute atomic E-state index is 12.8. The highest BCUT2D eigenvalue weighted by atomic mass is 16.2. The summed E-state index contributed by atoms with van der Waals surface area (Å²) in [5.74, 6) is -0.318. The quantitative estimate of drug-likeness (QED) is 0.647. The zero-order valence-electron chi connectivity index (χ0n) is 16.2. The van der Waals surface area contributed by atoms with Crippen LogP contribution in [0, 0.1) is 20.8 Å². The lowest BCUT2D eigenvalue weighted by Gasteiger charge is -2.20.